The molecule has 1 saturated heterocycles. The van der Waals surface area contributed by atoms with E-state index in [1.807, 2.05) is 0 Å². The zero-order valence-corrected chi connectivity index (χ0v) is 19.7. The van der Waals surface area contributed by atoms with Crippen LogP contribution in [0, 0.1) is 11.6 Å². The molecular formula is C25H20F2N4O4S. The summed E-state index contributed by atoms with van der Waals surface area (Å²) in [5.41, 5.74) is 1.31. The molecule has 11 heteroatoms. The Morgan fingerprint density at radius 2 is 1.56 bits per heavy atom. The van der Waals surface area contributed by atoms with Gasteiger partial charge in [0.05, 0.1) is 21.5 Å². The number of benzene rings is 3. The summed E-state index contributed by atoms with van der Waals surface area (Å²) in [6.45, 7) is 0.307. The number of aromatic nitrogens is 2. The molecule has 0 bridgehead atoms. The molecule has 5 rings (SSSR count). The van der Waals surface area contributed by atoms with Crippen LogP contribution in [0.4, 0.5) is 8.78 Å². The largest absolute Gasteiger partial charge is 0.336 e. The zero-order chi connectivity index (χ0) is 25.4. The van der Waals surface area contributed by atoms with E-state index in [1.165, 1.54) is 15.8 Å². The molecule has 0 atom stereocenters. The number of sulfonamides is 1. The smallest absolute Gasteiger partial charge is 0.265 e. The van der Waals surface area contributed by atoms with Gasteiger partial charge in [-0.2, -0.15) is 4.31 Å². The van der Waals surface area contributed by atoms with Gasteiger partial charge in [0.2, 0.25) is 10.0 Å². The van der Waals surface area contributed by atoms with E-state index in [1.54, 1.807) is 48.5 Å². The van der Waals surface area contributed by atoms with Crippen LogP contribution < -0.4 is 5.56 Å². The van der Waals surface area contributed by atoms with Crippen LogP contribution in [0.2, 0.25) is 0 Å². The van der Waals surface area contributed by atoms with Crippen LogP contribution in [0.15, 0.2) is 82.7 Å². The van der Waals surface area contributed by atoms with Gasteiger partial charge < -0.3 is 4.90 Å². The first-order valence-electron chi connectivity index (χ1n) is 11.1. The number of halogens is 2. The molecule has 2 heterocycles. The number of piperazine rings is 1. The first kappa shape index (κ1) is 23.8. The Labute approximate surface area is 205 Å². The van der Waals surface area contributed by atoms with Crippen LogP contribution >= 0.6 is 0 Å². The minimum absolute atomic E-state index is 0.0172. The number of hydrogen-bond acceptors (Lipinski definition) is 5. The summed E-state index contributed by atoms with van der Waals surface area (Å²) < 4.78 is 54.8. The van der Waals surface area contributed by atoms with Crippen LogP contribution in [0.5, 0.6) is 0 Å². The standard InChI is InChI=1S/C25H20F2N4O4S/c26-21-10-9-19(15-22(21)27)36(34,35)30-13-11-29(12-14-30)24(32)17-5-7-18(8-6-17)31-16-28-23-4-2-1-3-20(23)25(31)33/h1-10,15-16H,11-14H2. The number of carbonyl (C=O) groups is 1. The van der Waals surface area contributed by atoms with E-state index in [0.29, 0.717) is 28.2 Å². The third-order valence-electron chi connectivity index (χ3n) is 6.11. The van der Waals surface area contributed by atoms with Crippen molar-refractivity contribution in [3.8, 4) is 5.69 Å². The predicted molar refractivity (Wildman–Crippen MR) is 128 cm³/mol. The number of rotatable bonds is 4. The van der Waals surface area contributed by atoms with Crippen molar-refractivity contribution in [1.82, 2.24) is 18.8 Å². The maximum atomic E-state index is 13.5. The fourth-order valence-electron chi connectivity index (χ4n) is 4.12. The lowest BCUT2D eigenvalue weighted by molar-refractivity contribution is 0.0698. The molecule has 184 valence electrons. The van der Waals surface area contributed by atoms with Gasteiger partial charge in [-0.25, -0.2) is 22.2 Å². The van der Waals surface area contributed by atoms with E-state index in [-0.39, 0.29) is 42.5 Å². The number of fused-ring (bicyclic) bond motifs is 1. The first-order chi connectivity index (χ1) is 17.3. The Morgan fingerprint density at radius 3 is 2.25 bits per heavy atom. The number of hydrogen-bond donors (Lipinski definition) is 0. The Kier molecular flexibility index (Phi) is 6.10. The van der Waals surface area contributed by atoms with Crippen LogP contribution in [0.1, 0.15) is 10.4 Å². The first-order valence-corrected chi connectivity index (χ1v) is 12.5. The molecule has 1 aromatic heterocycles. The van der Waals surface area contributed by atoms with Crippen LogP contribution in [0.25, 0.3) is 16.6 Å². The van der Waals surface area contributed by atoms with Gasteiger partial charge >= 0.3 is 0 Å². The van der Waals surface area contributed by atoms with Gasteiger partial charge in [-0.3, -0.25) is 14.2 Å². The molecule has 3 aromatic carbocycles. The summed E-state index contributed by atoms with van der Waals surface area (Å²) in [6.07, 6.45) is 1.44. The highest BCUT2D eigenvalue weighted by Gasteiger charge is 2.31. The third-order valence-corrected chi connectivity index (χ3v) is 8.01. The molecule has 36 heavy (non-hydrogen) atoms. The molecule has 1 fully saturated rings. The molecule has 0 unspecified atom stereocenters. The zero-order valence-electron chi connectivity index (χ0n) is 18.8. The summed E-state index contributed by atoms with van der Waals surface area (Å²) in [5, 5.41) is 0.483. The maximum absolute atomic E-state index is 13.5. The molecule has 1 amide bonds. The molecule has 0 spiro atoms. The summed E-state index contributed by atoms with van der Waals surface area (Å²) >= 11 is 0. The number of nitrogens with zero attached hydrogens (tertiary/aromatic N) is 4. The van der Waals surface area contributed by atoms with Crippen molar-refractivity contribution >= 4 is 26.8 Å². The van der Waals surface area contributed by atoms with Crippen molar-refractivity contribution in [2.45, 2.75) is 4.90 Å². The second-order valence-electron chi connectivity index (χ2n) is 8.26. The van der Waals surface area contributed by atoms with Crippen molar-refractivity contribution in [2.24, 2.45) is 0 Å². The predicted octanol–water partition coefficient (Wildman–Crippen LogP) is 2.81. The molecule has 0 radical (unpaired) electrons. The van der Waals surface area contributed by atoms with Crippen LogP contribution in [-0.4, -0.2) is 59.3 Å². The monoisotopic (exact) mass is 510 g/mol. The van der Waals surface area contributed by atoms with Crippen molar-refractivity contribution < 1.29 is 22.0 Å². The quantitative estimate of drug-likeness (QED) is 0.421. The lowest BCUT2D eigenvalue weighted by Gasteiger charge is -2.34. The fraction of sp³-hybridized carbons (Fsp3) is 0.160. The van der Waals surface area contributed by atoms with Crippen molar-refractivity contribution in [2.75, 3.05) is 26.2 Å². The second kappa shape index (κ2) is 9.25. The molecule has 0 aliphatic carbocycles. The molecule has 1 aliphatic rings. The van der Waals surface area contributed by atoms with Crippen LogP contribution in [-0.2, 0) is 10.0 Å². The van der Waals surface area contributed by atoms with E-state index < -0.39 is 21.7 Å². The lowest BCUT2D eigenvalue weighted by Crippen LogP contribution is -2.50. The van der Waals surface area contributed by atoms with E-state index >= 15 is 0 Å². The molecular weight excluding hydrogens is 490 g/mol. The Morgan fingerprint density at radius 1 is 0.861 bits per heavy atom. The summed E-state index contributed by atoms with van der Waals surface area (Å²) in [4.78, 5) is 31.3. The van der Waals surface area contributed by atoms with E-state index in [4.69, 9.17) is 0 Å². The van der Waals surface area contributed by atoms with Gasteiger partial charge in [-0.1, -0.05) is 12.1 Å². The van der Waals surface area contributed by atoms with E-state index in [9.17, 15) is 26.8 Å². The van der Waals surface area contributed by atoms with Gasteiger partial charge in [0.1, 0.15) is 6.33 Å². The average Bonchev–Trinajstić information content (AvgIpc) is 2.90. The number of carbonyl (C=O) groups excluding carboxylic acids is 1. The summed E-state index contributed by atoms with van der Waals surface area (Å²) in [5.74, 6) is -2.65. The Balaban J connectivity index is 1.29. The van der Waals surface area contributed by atoms with Crippen molar-refractivity contribution in [1.29, 1.82) is 0 Å². The highest BCUT2D eigenvalue weighted by atomic mass is 32.2. The molecule has 0 saturated carbocycles. The Hall–Kier alpha value is -3.96. The highest BCUT2D eigenvalue weighted by molar-refractivity contribution is 7.89. The van der Waals surface area contributed by atoms with E-state index in [2.05, 4.69) is 4.98 Å². The summed E-state index contributed by atoms with van der Waals surface area (Å²) in [7, 11) is -4.02. The number of para-hydroxylation sites is 1. The van der Waals surface area contributed by atoms with Gasteiger partial charge in [0, 0.05) is 31.7 Å². The molecule has 4 aromatic rings. The average molecular weight is 511 g/mol. The molecule has 8 nitrogen and oxygen atoms in total. The minimum Gasteiger partial charge on any atom is -0.336 e. The van der Waals surface area contributed by atoms with Crippen LogP contribution in [0.3, 0.4) is 0 Å². The van der Waals surface area contributed by atoms with Crippen molar-refractivity contribution in [3.63, 3.8) is 0 Å². The Bertz CT molecular complexity index is 1630. The van der Waals surface area contributed by atoms with Gasteiger partial charge in [-0.05, 0) is 54.6 Å². The summed E-state index contributed by atoms with van der Waals surface area (Å²) in [6, 6.07) is 16.0. The van der Waals surface area contributed by atoms with Gasteiger partial charge in [-0.15, -0.1) is 0 Å². The highest BCUT2D eigenvalue weighted by Crippen LogP contribution is 2.21. The lowest BCUT2D eigenvalue weighted by atomic mass is 10.1. The second-order valence-corrected chi connectivity index (χ2v) is 10.2. The topological polar surface area (TPSA) is 92.6 Å². The van der Waals surface area contributed by atoms with E-state index in [0.717, 1.165) is 16.4 Å². The van der Waals surface area contributed by atoms with Gasteiger partial charge in [0.25, 0.3) is 11.5 Å². The normalized spacial score (nSPS) is 14.8. The third kappa shape index (κ3) is 4.27. The fourth-order valence-corrected chi connectivity index (χ4v) is 5.55. The molecule has 0 N–H and O–H groups in total. The van der Waals surface area contributed by atoms with Crippen molar-refractivity contribution in [3.05, 3.63) is 101 Å². The molecule has 1 aliphatic heterocycles. The number of amides is 1. The maximum Gasteiger partial charge on any atom is 0.265 e. The SMILES string of the molecule is O=C(c1ccc(-n2cnc3ccccc3c2=O)cc1)N1CCN(S(=O)(=O)c2ccc(F)c(F)c2)CC1. The minimum atomic E-state index is -4.02. The van der Waals surface area contributed by atoms with Gasteiger partial charge in [0.15, 0.2) is 11.6 Å².